The largest absolute Gasteiger partial charge is 0.493 e. The number of esters is 1. The van der Waals surface area contributed by atoms with Gasteiger partial charge in [-0.3, -0.25) is 9.59 Å². The SMILES string of the molecule is COc1cc(/C=N\NC(=O)C2CC2)ccc1OC(=O)C1CC1. The van der Waals surface area contributed by atoms with Crippen molar-refractivity contribution in [1.29, 1.82) is 0 Å². The maximum atomic E-state index is 11.7. The molecule has 2 fully saturated rings. The normalized spacial score (nSPS) is 17.3. The lowest BCUT2D eigenvalue weighted by atomic mass is 10.2. The van der Waals surface area contributed by atoms with E-state index in [1.54, 1.807) is 18.2 Å². The summed E-state index contributed by atoms with van der Waals surface area (Å²) in [4.78, 5) is 23.1. The third-order valence-corrected chi connectivity index (χ3v) is 3.65. The van der Waals surface area contributed by atoms with Crippen molar-refractivity contribution in [2.24, 2.45) is 16.9 Å². The summed E-state index contributed by atoms with van der Waals surface area (Å²) < 4.78 is 10.6. The van der Waals surface area contributed by atoms with Crippen LogP contribution in [0.4, 0.5) is 0 Å². The van der Waals surface area contributed by atoms with Gasteiger partial charge in [0.2, 0.25) is 5.91 Å². The van der Waals surface area contributed by atoms with Gasteiger partial charge in [-0.1, -0.05) is 0 Å². The molecule has 0 radical (unpaired) electrons. The van der Waals surface area contributed by atoms with Crippen molar-refractivity contribution >= 4 is 18.1 Å². The zero-order chi connectivity index (χ0) is 15.5. The van der Waals surface area contributed by atoms with Gasteiger partial charge in [-0.15, -0.1) is 0 Å². The molecule has 0 aliphatic heterocycles. The van der Waals surface area contributed by atoms with Crippen molar-refractivity contribution in [3.8, 4) is 11.5 Å². The van der Waals surface area contributed by atoms with Crippen LogP contribution in [0.15, 0.2) is 23.3 Å². The fraction of sp³-hybridized carbons (Fsp3) is 0.438. The molecule has 0 unspecified atom stereocenters. The molecular formula is C16H18N2O4. The Hall–Kier alpha value is -2.37. The maximum Gasteiger partial charge on any atom is 0.314 e. The molecule has 3 rings (SSSR count). The van der Waals surface area contributed by atoms with Crippen molar-refractivity contribution in [3.05, 3.63) is 23.8 Å². The number of benzene rings is 1. The molecule has 2 aliphatic rings. The molecule has 2 saturated carbocycles. The Bertz CT molecular complexity index is 619. The average molecular weight is 302 g/mol. The number of amides is 1. The van der Waals surface area contributed by atoms with Gasteiger partial charge in [-0.25, -0.2) is 5.43 Å². The predicted octanol–water partition coefficient (Wildman–Crippen LogP) is 1.87. The summed E-state index contributed by atoms with van der Waals surface area (Å²) in [6, 6.07) is 5.14. The van der Waals surface area contributed by atoms with Crippen LogP contribution in [0, 0.1) is 11.8 Å². The zero-order valence-corrected chi connectivity index (χ0v) is 12.4. The Morgan fingerprint density at radius 2 is 1.91 bits per heavy atom. The van der Waals surface area contributed by atoms with Crippen molar-refractivity contribution in [3.63, 3.8) is 0 Å². The average Bonchev–Trinajstić information content (AvgIpc) is 3.41. The van der Waals surface area contributed by atoms with Crippen LogP contribution in [0.1, 0.15) is 31.2 Å². The Labute approximate surface area is 128 Å². The van der Waals surface area contributed by atoms with E-state index in [0.717, 1.165) is 31.2 Å². The van der Waals surface area contributed by atoms with E-state index in [0.29, 0.717) is 11.5 Å². The maximum absolute atomic E-state index is 11.7. The van der Waals surface area contributed by atoms with Crippen LogP contribution in [0.2, 0.25) is 0 Å². The van der Waals surface area contributed by atoms with E-state index < -0.39 is 0 Å². The number of hydrazone groups is 1. The first kappa shape index (κ1) is 14.6. The number of nitrogens with zero attached hydrogens (tertiary/aromatic N) is 1. The second-order valence-corrected chi connectivity index (χ2v) is 5.61. The third-order valence-electron chi connectivity index (χ3n) is 3.65. The topological polar surface area (TPSA) is 77.0 Å². The number of nitrogens with one attached hydrogen (secondary N) is 1. The van der Waals surface area contributed by atoms with Gasteiger partial charge in [0.25, 0.3) is 0 Å². The van der Waals surface area contributed by atoms with Crippen LogP contribution in [-0.4, -0.2) is 25.2 Å². The monoisotopic (exact) mass is 302 g/mol. The van der Waals surface area contributed by atoms with Gasteiger partial charge in [0.15, 0.2) is 11.5 Å². The molecule has 0 heterocycles. The Balaban J connectivity index is 1.63. The van der Waals surface area contributed by atoms with Crippen LogP contribution in [0.25, 0.3) is 0 Å². The van der Waals surface area contributed by atoms with Gasteiger partial charge in [-0.05, 0) is 49.4 Å². The first-order chi connectivity index (χ1) is 10.7. The number of carbonyl (C=O) groups excluding carboxylic acids is 2. The number of carbonyl (C=O) groups is 2. The van der Waals surface area contributed by atoms with E-state index in [2.05, 4.69) is 10.5 Å². The molecule has 0 bridgehead atoms. The third kappa shape index (κ3) is 3.63. The van der Waals surface area contributed by atoms with E-state index in [4.69, 9.17) is 9.47 Å². The zero-order valence-electron chi connectivity index (χ0n) is 12.4. The second-order valence-electron chi connectivity index (χ2n) is 5.61. The molecule has 0 atom stereocenters. The van der Waals surface area contributed by atoms with Gasteiger partial charge < -0.3 is 9.47 Å². The van der Waals surface area contributed by atoms with Gasteiger partial charge >= 0.3 is 5.97 Å². The minimum atomic E-state index is -0.212. The lowest BCUT2D eigenvalue weighted by Gasteiger charge is -2.09. The van der Waals surface area contributed by atoms with Crippen LogP contribution in [0.3, 0.4) is 0 Å². The summed E-state index contributed by atoms with van der Waals surface area (Å²) in [5.41, 5.74) is 3.25. The molecule has 0 aromatic heterocycles. The Morgan fingerprint density at radius 1 is 1.18 bits per heavy atom. The lowest BCUT2D eigenvalue weighted by Crippen LogP contribution is -2.18. The molecule has 0 saturated heterocycles. The van der Waals surface area contributed by atoms with Crippen LogP contribution in [-0.2, 0) is 9.59 Å². The minimum Gasteiger partial charge on any atom is -0.493 e. The second kappa shape index (κ2) is 6.17. The Kier molecular flexibility index (Phi) is 4.09. The van der Waals surface area contributed by atoms with E-state index in [1.807, 2.05) is 0 Å². The first-order valence-electron chi connectivity index (χ1n) is 7.40. The van der Waals surface area contributed by atoms with E-state index in [1.165, 1.54) is 13.3 Å². The fourth-order valence-corrected chi connectivity index (χ4v) is 1.97. The van der Waals surface area contributed by atoms with Crippen LogP contribution in [0.5, 0.6) is 11.5 Å². The molecule has 6 heteroatoms. The van der Waals surface area contributed by atoms with Crippen molar-refractivity contribution in [2.45, 2.75) is 25.7 Å². The summed E-state index contributed by atoms with van der Waals surface area (Å²) in [7, 11) is 1.51. The molecular weight excluding hydrogens is 284 g/mol. The molecule has 22 heavy (non-hydrogen) atoms. The highest BCUT2D eigenvalue weighted by molar-refractivity contribution is 5.85. The summed E-state index contributed by atoms with van der Waals surface area (Å²) in [5, 5.41) is 3.92. The van der Waals surface area contributed by atoms with Crippen LogP contribution >= 0.6 is 0 Å². The number of methoxy groups -OCH3 is 1. The highest BCUT2D eigenvalue weighted by Gasteiger charge is 2.32. The van der Waals surface area contributed by atoms with Gasteiger partial charge in [-0.2, -0.15) is 5.10 Å². The quantitative estimate of drug-likeness (QED) is 0.377. The lowest BCUT2D eigenvalue weighted by molar-refractivity contribution is -0.135. The van der Waals surface area contributed by atoms with E-state index in [-0.39, 0.29) is 23.7 Å². The number of hydrogen-bond donors (Lipinski definition) is 1. The summed E-state index contributed by atoms with van der Waals surface area (Å²) in [5.74, 6) is 0.763. The van der Waals surface area contributed by atoms with E-state index >= 15 is 0 Å². The minimum absolute atomic E-state index is 0.0311. The number of hydrogen-bond acceptors (Lipinski definition) is 5. The standard InChI is InChI=1S/C16H18N2O4/c1-21-14-8-10(9-17-18-15(19)11-3-4-11)2-7-13(14)22-16(20)12-5-6-12/h2,7-9,11-12H,3-6H2,1H3,(H,18,19)/b17-9-. The molecule has 116 valence electrons. The van der Waals surface area contributed by atoms with Crippen molar-refractivity contribution in [2.75, 3.05) is 7.11 Å². The fourth-order valence-electron chi connectivity index (χ4n) is 1.97. The highest BCUT2D eigenvalue weighted by atomic mass is 16.6. The van der Waals surface area contributed by atoms with Gasteiger partial charge in [0, 0.05) is 5.92 Å². The highest BCUT2D eigenvalue weighted by Crippen LogP contribution is 2.34. The summed E-state index contributed by atoms with van der Waals surface area (Å²) in [6.45, 7) is 0. The molecule has 1 aromatic carbocycles. The Morgan fingerprint density at radius 3 is 2.55 bits per heavy atom. The van der Waals surface area contributed by atoms with Gasteiger partial charge in [0.1, 0.15) is 0 Å². The number of ether oxygens (including phenoxy) is 2. The predicted molar refractivity (Wildman–Crippen MR) is 79.8 cm³/mol. The smallest absolute Gasteiger partial charge is 0.314 e. The van der Waals surface area contributed by atoms with Crippen LogP contribution < -0.4 is 14.9 Å². The van der Waals surface area contributed by atoms with Crippen molar-refractivity contribution < 1.29 is 19.1 Å². The molecule has 6 nitrogen and oxygen atoms in total. The molecule has 1 amide bonds. The van der Waals surface area contributed by atoms with Gasteiger partial charge in [0.05, 0.1) is 19.2 Å². The molecule has 1 N–H and O–H groups in total. The molecule has 1 aromatic rings. The summed E-state index contributed by atoms with van der Waals surface area (Å²) >= 11 is 0. The summed E-state index contributed by atoms with van der Waals surface area (Å²) in [6.07, 6.45) is 5.21. The molecule has 0 spiro atoms. The first-order valence-corrected chi connectivity index (χ1v) is 7.40. The van der Waals surface area contributed by atoms with Crippen molar-refractivity contribution in [1.82, 2.24) is 5.43 Å². The van der Waals surface area contributed by atoms with E-state index in [9.17, 15) is 9.59 Å². The molecule has 2 aliphatic carbocycles. The number of rotatable bonds is 6.